The average Bonchev–Trinajstić information content (AvgIpc) is 2.40. The van der Waals surface area contributed by atoms with E-state index in [1.54, 1.807) is 0 Å². The van der Waals surface area contributed by atoms with Gasteiger partial charge in [-0.3, -0.25) is 4.79 Å². The fourth-order valence-electron chi connectivity index (χ4n) is 1.73. The molecule has 0 saturated heterocycles. The molecule has 0 unspecified atom stereocenters. The lowest BCUT2D eigenvalue weighted by atomic mass is 10.1. The number of hydrogen-bond acceptors (Lipinski definition) is 2. The summed E-state index contributed by atoms with van der Waals surface area (Å²) in [6.07, 6.45) is 0. The summed E-state index contributed by atoms with van der Waals surface area (Å²) in [4.78, 5) is 12.0. The first-order valence-electron chi connectivity index (χ1n) is 5.75. The molecule has 21 heavy (non-hydrogen) atoms. The summed E-state index contributed by atoms with van der Waals surface area (Å²) in [5, 5.41) is 2.38. The maximum Gasteiger partial charge on any atom is 0.260 e. The molecule has 0 aliphatic carbocycles. The van der Waals surface area contributed by atoms with Gasteiger partial charge in [-0.25, -0.2) is 8.78 Å². The Morgan fingerprint density at radius 3 is 2.57 bits per heavy atom. The number of carbonyl (C=O) groups is 1. The van der Waals surface area contributed by atoms with Gasteiger partial charge in [-0.1, -0.05) is 29.9 Å². The second-order valence-electron chi connectivity index (χ2n) is 4.10. The van der Waals surface area contributed by atoms with Crippen LogP contribution in [0.15, 0.2) is 36.4 Å². The van der Waals surface area contributed by atoms with Gasteiger partial charge >= 0.3 is 0 Å². The summed E-state index contributed by atoms with van der Waals surface area (Å²) in [6.45, 7) is 0. The third-order valence-corrected chi connectivity index (χ3v) is 3.22. The normalized spacial score (nSPS) is 10.2. The fraction of sp³-hybridized carbons (Fsp3) is 0. The molecule has 7 heteroatoms. The molecule has 0 bridgehead atoms. The van der Waals surface area contributed by atoms with Gasteiger partial charge in [0.15, 0.2) is 0 Å². The minimum atomic E-state index is -0.776. The summed E-state index contributed by atoms with van der Waals surface area (Å²) >= 11 is 10.6. The van der Waals surface area contributed by atoms with Gasteiger partial charge in [0, 0.05) is 5.56 Å². The van der Waals surface area contributed by atoms with Crippen molar-refractivity contribution in [2.45, 2.75) is 0 Å². The molecular weight excluding hydrogens is 318 g/mol. The molecule has 0 spiro atoms. The van der Waals surface area contributed by atoms with Crippen LogP contribution >= 0.6 is 23.8 Å². The molecule has 0 radical (unpaired) electrons. The predicted octanol–water partition coefficient (Wildman–Crippen LogP) is 3.50. The number of amides is 1. The molecule has 3 N–H and O–H groups in total. The van der Waals surface area contributed by atoms with Crippen molar-refractivity contribution < 1.29 is 13.6 Å². The average molecular weight is 327 g/mol. The van der Waals surface area contributed by atoms with E-state index in [9.17, 15) is 13.6 Å². The third-order valence-electron chi connectivity index (χ3n) is 2.69. The van der Waals surface area contributed by atoms with Crippen LogP contribution in [-0.2, 0) is 0 Å². The van der Waals surface area contributed by atoms with E-state index < -0.39 is 17.5 Å². The highest BCUT2D eigenvalue weighted by molar-refractivity contribution is 7.80. The van der Waals surface area contributed by atoms with Gasteiger partial charge < -0.3 is 11.1 Å². The van der Waals surface area contributed by atoms with Gasteiger partial charge in [0.05, 0.1) is 16.3 Å². The Hall–Kier alpha value is -2.05. The summed E-state index contributed by atoms with van der Waals surface area (Å²) in [6, 6.07) is 7.38. The molecule has 108 valence electrons. The van der Waals surface area contributed by atoms with Crippen LogP contribution in [0.1, 0.15) is 15.9 Å². The van der Waals surface area contributed by atoms with E-state index >= 15 is 0 Å². The van der Waals surface area contributed by atoms with Crippen molar-refractivity contribution in [2.24, 2.45) is 5.73 Å². The van der Waals surface area contributed by atoms with Gasteiger partial charge in [-0.2, -0.15) is 0 Å². The largest absolute Gasteiger partial charge is 0.389 e. The quantitative estimate of drug-likeness (QED) is 0.849. The van der Waals surface area contributed by atoms with E-state index in [2.05, 4.69) is 5.32 Å². The van der Waals surface area contributed by atoms with Gasteiger partial charge in [0.1, 0.15) is 16.6 Å². The van der Waals surface area contributed by atoms with Crippen LogP contribution in [0.5, 0.6) is 0 Å². The van der Waals surface area contributed by atoms with Crippen molar-refractivity contribution in [2.75, 3.05) is 5.32 Å². The predicted molar refractivity (Wildman–Crippen MR) is 81.7 cm³/mol. The molecule has 1 amide bonds. The first kappa shape index (κ1) is 15.3. The fourth-order valence-corrected chi connectivity index (χ4v) is 2.15. The number of halogens is 3. The molecule has 2 rings (SSSR count). The molecule has 0 fully saturated rings. The van der Waals surface area contributed by atoms with Crippen LogP contribution in [-0.4, -0.2) is 10.9 Å². The van der Waals surface area contributed by atoms with E-state index in [0.29, 0.717) is 0 Å². The standard InChI is InChI=1S/C14H9ClF2N2OS/c15-9-2-1-3-10(17)12(9)14(20)19-11-5-4-7(16)6-8(11)13(18)21/h1-6H,(H2,18,21)(H,19,20). The van der Waals surface area contributed by atoms with Crippen molar-refractivity contribution in [3.8, 4) is 0 Å². The molecule has 0 saturated carbocycles. The zero-order chi connectivity index (χ0) is 15.6. The number of anilines is 1. The van der Waals surface area contributed by atoms with Crippen LogP contribution in [0.3, 0.4) is 0 Å². The number of benzene rings is 2. The molecule has 2 aromatic rings. The van der Waals surface area contributed by atoms with Crippen LogP contribution in [0.25, 0.3) is 0 Å². The lowest BCUT2D eigenvalue weighted by Gasteiger charge is -2.11. The Morgan fingerprint density at radius 1 is 1.24 bits per heavy atom. The summed E-state index contributed by atoms with van der Waals surface area (Å²) < 4.78 is 26.9. The topological polar surface area (TPSA) is 55.1 Å². The number of hydrogen-bond donors (Lipinski definition) is 2. The molecule has 2 aromatic carbocycles. The van der Waals surface area contributed by atoms with Crippen molar-refractivity contribution >= 4 is 40.4 Å². The highest BCUT2D eigenvalue weighted by Gasteiger charge is 2.17. The third kappa shape index (κ3) is 3.34. The SMILES string of the molecule is NC(=S)c1cc(F)ccc1NC(=O)c1c(F)cccc1Cl. The number of nitrogens with one attached hydrogen (secondary N) is 1. The molecule has 0 aliphatic rings. The first-order valence-corrected chi connectivity index (χ1v) is 6.53. The Kier molecular flexibility index (Phi) is 4.50. The van der Waals surface area contributed by atoms with Crippen molar-refractivity contribution in [1.29, 1.82) is 0 Å². The zero-order valence-corrected chi connectivity index (χ0v) is 12.1. The van der Waals surface area contributed by atoms with E-state index in [-0.39, 0.29) is 26.8 Å². The van der Waals surface area contributed by atoms with Crippen LogP contribution < -0.4 is 11.1 Å². The first-order chi connectivity index (χ1) is 9.90. The van der Waals surface area contributed by atoms with E-state index in [0.717, 1.165) is 18.2 Å². The lowest BCUT2D eigenvalue weighted by Crippen LogP contribution is -2.19. The monoisotopic (exact) mass is 326 g/mol. The lowest BCUT2D eigenvalue weighted by molar-refractivity contribution is 0.102. The number of thiocarbonyl (C=S) groups is 1. The van der Waals surface area contributed by atoms with Crippen molar-refractivity contribution in [1.82, 2.24) is 0 Å². The molecule has 0 heterocycles. The summed E-state index contributed by atoms with van der Waals surface area (Å²) in [5.74, 6) is -2.10. The molecule has 0 aliphatic heterocycles. The Balaban J connectivity index is 2.39. The smallest absolute Gasteiger partial charge is 0.260 e. The van der Waals surface area contributed by atoms with Crippen LogP contribution in [0, 0.1) is 11.6 Å². The molecule has 0 atom stereocenters. The Labute approximate surface area is 129 Å². The highest BCUT2D eigenvalue weighted by Crippen LogP contribution is 2.22. The van der Waals surface area contributed by atoms with Gasteiger partial charge in [0.25, 0.3) is 5.91 Å². The maximum absolute atomic E-state index is 13.7. The van der Waals surface area contributed by atoms with Crippen molar-refractivity contribution in [3.05, 3.63) is 64.2 Å². The second-order valence-corrected chi connectivity index (χ2v) is 4.95. The van der Waals surface area contributed by atoms with Gasteiger partial charge in [0.2, 0.25) is 0 Å². The van der Waals surface area contributed by atoms with Crippen molar-refractivity contribution in [3.63, 3.8) is 0 Å². The maximum atomic E-state index is 13.7. The van der Waals surface area contributed by atoms with Gasteiger partial charge in [-0.15, -0.1) is 0 Å². The van der Waals surface area contributed by atoms with E-state index in [4.69, 9.17) is 29.6 Å². The summed E-state index contributed by atoms with van der Waals surface area (Å²) in [5.41, 5.74) is 5.48. The van der Waals surface area contributed by atoms with E-state index in [1.165, 1.54) is 18.2 Å². The van der Waals surface area contributed by atoms with Crippen LogP contribution in [0.2, 0.25) is 5.02 Å². The second kappa shape index (κ2) is 6.15. The Morgan fingerprint density at radius 2 is 1.95 bits per heavy atom. The number of carbonyl (C=O) groups excluding carboxylic acids is 1. The zero-order valence-electron chi connectivity index (χ0n) is 10.5. The highest BCUT2D eigenvalue weighted by atomic mass is 35.5. The van der Waals surface area contributed by atoms with Crippen LogP contribution in [0.4, 0.5) is 14.5 Å². The van der Waals surface area contributed by atoms with Gasteiger partial charge in [-0.05, 0) is 30.3 Å². The summed E-state index contributed by atoms with van der Waals surface area (Å²) in [7, 11) is 0. The number of rotatable bonds is 3. The molecule has 0 aromatic heterocycles. The van der Waals surface area contributed by atoms with E-state index in [1.807, 2.05) is 0 Å². The minimum absolute atomic E-state index is 0.0357. The molecule has 3 nitrogen and oxygen atoms in total. The Bertz CT molecular complexity index is 717. The molecular formula is C14H9ClF2N2OS. The minimum Gasteiger partial charge on any atom is -0.389 e. The number of nitrogens with two attached hydrogens (primary N) is 1.